The van der Waals surface area contributed by atoms with Gasteiger partial charge in [-0.3, -0.25) is 9.59 Å². The molecule has 1 aliphatic rings. The number of likely N-dealkylation sites (N-methyl/N-ethyl adjacent to an activating group) is 1. The van der Waals surface area contributed by atoms with Crippen molar-refractivity contribution in [3.63, 3.8) is 0 Å². The van der Waals surface area contributed by atoms with Gasteiger partial charge >= 0.3 is 5.97 Å². The Kier molecular flexibility index (Phi) is 4.97. The Morgan fingerprint density at radius 2 is 1.88 bits per heavy atom. The number of hydrogen-bond acceptors (Lipinski definition) is 4. The molecule has 3 rings (SSSR count). The SMILES string of the molecule is CN(CC(=O)Nc1ccc(F)cc1)C(=O)[C@H]1Cc2ccccc2C(=O)O1. The maximum absolute atomic E-state index is 12.9. The van der Waals surface area contributed by atoms with E-state index in [4.69, 9.17) is 4.74 Å². The Hall–Kier alpha value is -3.22. The average Bonchev–Trinajstić information content (AvgIpc) is 2.63. The quantitative estimate of drug-likeness (QED) is 0.851. The molecule has 1 heterocycles. The Bertz CT molecular complexity index is 851. The number of fused-ring (bicyclic) bond motifs is 1. The van der Waals surface area contributed by atoms with Crippen molar-refractivity contribution in [1.29, 1.82) is 0 Å². The fraction of sp³-hybridized carbons (Fsp3) is 0.211. The second-order valence-electron chi connectivity index (χ2n) is 6.00. The minimum atomic E-state index is -0.957. The minimum absolute atomic E-state index is 0.216. The zero-order valence-corrected chi connectivity index (χ0v) is 14.1. The van der Waals surface area contributed by atoms with Gasteiger partial charge in [-0.2, -0.15) is 0 Å². The van der Waals surface area contributed by atoms with Crippen LogP contribution in [-0.4, -0.2) is 42.4 Å². The molecule has 2 amide bonds. The van der Waals surface area contributed by atoms with E-state index in [-0.39, 0.29) is 13.0 Å². The second kappa shape index (κ2) is 7.35. The molecule has 0 saturated heterocycles. The summed E-state index contributed by atoms with van der Waals surface area (Å²) in [7, 11) is 1.46. The fourth-order valence-corrected chi connectivity index (χ4v) is 2.74. The lowest BCUT2D eigenvalue weighted by Gasteiger charge is -2.27. The number of carbonyl (C=O) groups excluding carboxylic acids is 3. The summed E-state index contributed by atoms with van der Waals surface area (Å²) in [5.41, 5.74) is 1.62. The molecule has 7 heteroatoms. The predicted molar refractivity (Wildman–Crippen MR) is 92.0 cm³/mol. The number of ether oxygens (including phenoxy) is 1. The molecule has 0 spiro atoms. The van der Waals surface area contributed by atoms with Crippen molar-refractivity contribution in [3.05, 3.63) is 65.5 Å². The molecule has 0 unspecified atom stereocenters. The van der Waals surface area contributed by atoms with Crippen LogP contribution in [0.3, 0.4) is 0 Å². The van der Waals surface area contributed by atoms with Crippen LogP contribution in [0.2, 0.25) is 0 Å². The summed E-state index contributed by atoms with van der Waals surface area (Å²) in [6, 6.07) is 12.2. The van der Waals surface area contributed by atoms with Crippen molar-refractivity contribution in [3.8, 4) is 0 Å². The molecule has 0 fully saturated rings. The third-order valence-electron chi connectivity index (χ3n) is 4.05. The van der Waals surface area contributed by atoms with E-state index in [1.807, 2.05) is 0 Å². The van der Waals surface area contributed by atoms with E-state index >= 15 is 0 Å². The number of anilines is 1. The molecular weight excluding hydrogens is 339 g/mol. The summed E-state index contributed by atoms with van der Waals surface area (Å²) in [6.07, 6.45) is -0.689. The Morgan fingerprint density at radius 3 is 2.62 bits per heavy atom. The van der Waals surface area contributed by atoms with Gasteiger partial charge in [0, 0.05) is 19.2 Å². The van der Waals surface area contributed by atoms with Crippen LogP contribution >= 0.6 is 0 Å². The van der Waals surface area contributed by atoms with Crippen molar-refractivity contribution in [2.45, 2.75) is 12.5 Å². The van der Waals surface area contributed by atoms with Crippen LogP contribution in [0, 0.1) is 5.82 Å². The molecule has 0 aromatic heterocycles. The molecule has 1 aliphatic heterocycles. The molecule has 0 saturated carbocycles. The molecule has 1 atom stereocenters. The van der Waals surface area contributed by atoms with E-state index < -0.39 is 29.7 Å². The van der Waals surface area contributed by atoms with Crippen LogP contribution in [0.1, 0.15) is 15.9 Å². The fourth-order valence-electron chi connectivity index (χ4n) is 2.74. The van der Waals surface area contributed by atoms with Gasteiger partial charge in [-0.1, -0.05) is 18.2 Å². The highest BCUT2D eigenvalue weighted by Gasteiger charge is 2.33. The lowest BCUT2D eigenvalue weighted by Crippen LogP contribution is -2.45. The summed E-state index contributed by atoms with van der Waals surface area (Å²) < 4.78 is 18.1. The molecular formula is C19H17FN2O4. The largest absolute Gasteiger partial charge is 0.448 e. The van der Waals surface area contributed by atoms with Crippen molar-refractivity contribution in [2.24, 2.45) is 0 Å². The van der Waals surface area contributed by atoms with E-state index in [1.165, 1.54) is 36.2 Å². The van der Waals surface area contributed by atoms with Crippen LogP contribution in [0.5, 0.6) is 0 Å². The summed E-state index contributed by atoms with van der Waals surface area (Å²) in [5, 5.41) is 2.58. The Balaban J connectivity index is 1.60. The standard InChI is InChI=1S/C19H17FN2O4/c1-22(11-17(23)21-14-8-6-13(20)7-9-14)18(24)16-10-12-4-2-3-5-15(12)19(25)26-16/h2-9,16H,10-11H2,1H3,(H,21,23)/t16-/m1/s1. The van der Waals surface area contributed by atoms with Gasteiger partial charge in [-0.25, -0.2) is 9.18 Å². The minimum Gasteiger partial charge on any atom is -0.448 e. The maximum atomic E-state index is 12.9. The first-order chi connectivity index (χ1) is 12.4. The number of carbonyl (C=O) groups is 3. The number of rotatable bonds is 4. The first-order valence-corrected chi connectivity index (χ1v) is 8.03. The molecule has 26 heavy (non-hydrogen) atoms. The van der Waals surface area contributed by atoms with Crippen molar-refractivity contribution < 1.29 is 23.5 Å². The Labute approximate surface area is 149 Å². The summed E-state index contributed by atoms with van der Waals surface area (Å²) >= 11 is 0. The third kappa shape index (κ3) is 3.88. The first kappa shape index (κ1) is 17.6. The second-order valence-corrected chi connectivity index (χ2v) is 6.00. The van der Waals surface area contributed by atoms with Gasteiger partial charge in [-0.15, -0.1) is 0 Å². The molecule has 2 aromatic rings. The van der Waals surface area contributed by atoms with Crippen molar-refractivity contribution in [1.82, 2.24) is 4.90 Å². The molecule has 0 aliphatic carbocycles. The summed E-state index contributed by atoms with van der Waals surface area (Å²) in [4.78, 5) is 37.8. The van der Waals surface area contributed by atoms with E-state index in [0.29, 0.717) is 11.3 Å². The number of amides is 2. The van der Waals surface area contributed by atoms with Gasteiger partial charge in [0.2, 0.25) is 5.91 Å². The Morgan fingerprint density at radius 1 is 1.19 bits per heavy atom. The van der Waals surface area contributed by atoms with E-state index in [0.717, 1.165) is 5.56 Å². The van der Waals surface area contributed by atoms with Crippen LogP contribution in [0.25, 0.3) is 0 Å². The van der Waals surface area contributed by atoms with Gasteiger partial charge in [0.1, 0.15) is 5.82 Å². The van der Waals surface area contributed by atoms with Gasteiger partial charge in [0.15, 0.2) is 6.10 Å². The molecule has 2 aromatic carbocycles. The molecule has 1 N–H and O–H groups in total. The molecule has 0 bridgehead atoms. The highest BCUT2D eigenvalue weighted by molar-refractivity contribution is 5.98. The van der Waals surface area contributed by atoms with E-state index in [9.17, 15) is 18.8 Å². The number of esters is 1. The van der Waals surface area contributed by atoms with Crippen LogP contribution < -0.4 is 5.32 Å². The van der Waals surface area contributed by atoms with Crippen molar-refractivity contribution >= 4 is 23.5 Å². The topological polar surface area (TPSA) is 75.7 Å². The number of nitrogens with zero attached hydrogens (tertiary/aromatic N) is 1. The van der Waals surface area contributed by atoms with Crippen molar-refractivity contribution in [2.75, 3.05) is 18.9 Å². The average molecular weight is 356 g/mol. The highest BCUT2D eigenvalue weighted by atomic mass is 19.1. The van der Waals surface area contributed by atoms with Crippen LogP contribution in [-0.2, 0) is 20.7 Å². The number of cyclic esters (lactones) is 1. The zero-order chi connectivity index (χ0) is 18.7. The third-order valence-corrected chi connectivity index (χ3v) is 4.05. The number of benzene rings is 2. The number of nitrogens with one attached hydrogen (secondary N) is 1. The normalized spacial score (nSPS) is 15.6. The highest BCUT2D eigenvalue weighted by Crippen LogP contribution is 2.21. The molecule has 6 nitrogen and oxygen atoms in total. The van der Waals surface area contributed by atoms with Crippen LogP contribution in [0.4, 0.5) is 10.1 Å². The van der Waals surface area contributed by atoms with E-state index in [1.54, 1.807) is 24.3 Å². The van der Waals surface area contributed by atoms with E-state index in [2.05, 4.69) is 5.32 Å². The summed E-state index contributed by atoms with van der Waals surface area (Å²) in [6.45, 7) is -0.216. The zero-order valence-electron chi connectivity index (χ0n) is 14.1. The monoisotopic (exact) mass is 356 g/mol. The van der Waals surface area contributed by atoms with Gasteiger partial charge in [-0.05, 0) is 35.9 Å². The van der Waals surface area contributed by atoms with Crippen LogP contribution in [0.15, 0.2) is 48.5 Å². The molecule has 0 radical (unpaired) electrons. The van der Waals surface area contributed by atoms with Gasteiger partial charge < -0.3 is 15.0 Å². The smallest absolute Gasteiger partial charge is 0.339 e. The lowest BCUT2D eigenvalue weighted by atomic mass is 9.98. The molecule has 134 valence electrons. The van der Waals surface area contributed by atoms with Gasteiger partial charge in [0.05, 0.1) is 12.1 Å². The summed E-state index contributed by atoms with van der Waals surface area (Å²) in [5.74, 6) is -1.85. The number of halogens is 1. The first-order valence-electron chi connectivity index (χ1n) is 8.03. The number of hydrogen-bond donors (Lipinski definition) is 1. The predicted octanol–water partition coefficient (Wildman–Crippen LogP) is 2.00. The maximum Gasteiger partial charge on any atom is 0.339 e. The van der Waals surface area contributed by atoms with Gasteiger partial charge in [0.25, 0.3) is 5.91 Å². The lowest BCUT2D eigenvalue weighted by molar-refractivity contribution is -0.141.